The first-order valence-electron chi connectivity index (χ1n) is 8.05. The van der Waals surface area contributed by atoms with Crippen LogP contribution in [0.25, 0.3) is 21.3 Å². The summed E-state index contributed by atoms with van der Waals surface area (Å²) < 4.78 is 5.26. The number of hydrogen-bond acceptors (Lipinski definition) is 5. The molecule has 0 amide bonds. The van der Waals surface area contributed by atoms with Gasteiger partial charge in [-0.2, -0.15) is 4.98 Å². The number of nitrogens with zero attached hydrogens (tertiary/aromatic N) is 3. The maximum absolute atomic E-state index is 6.19. The van der Waals surface area contributed by atoms with Gasteiger partial charge in [-0.1, -0.05) is 30.3 Å². The molecule has 6 heteroatoms. The molecule has 2 aromatic carbocycles. The van der Waals surface area contributed by atoms with Gasteiger partial charge in [0.1, 0.15) is 16.4 Å². The van der Waals surface area contributed by atoms with Gasteiger partial charge in [-0.15, -0.1) is 11.3 Å². The largest absolute Gasteiger partial charge is 0.497 e. The summed E-state index contributed by atoms with van der Waals surface area (Å²) in [7, 11) is 3.65. The van der Waals surface area contributed by atoms with Crippen molar-refractivity contribution in [3.63, 3.8) is 0 Å². The number of rotatable bonds is 4. The number of methoxy groups -OCH3 is 1. The fourth-order valence-electron chi connectivity index (χ4n) is 2.90. The van der Waals surface area contributed by atoms with E-state index in [0.29, 0.717) is 0 Å². The minimum absolute atomic E-state index is 0.249. The molecule has 0 saturated carbocycles. The monoisotopic (exact) mass is 381 g/mol. The van der Waals surface area contributed by atoms with Gasteiger partial charge >= 0.3 is 0 Å². The smallest absolute Gasteiger partial charge is 0.225 e. The van der Waals surface area contributed by atoms with Gasteiger partial charge in [-0.3, -0.25) is 0 Å². The van der Waals surface area contributed by atoms with Gasteiger partial charge in [0.25, 0.3) is 0 Å². The Bertz CT molecular complexity index is 1050. The lowest BCUT2D eigenvalue weighted by atomic mass is 10.1. The van der Waals surface area contributed by atoms with Crippen molar-refractivity contribution < 1.29 is 4.74 Å². The van der Waals surface area contributed by atoms with Crippen molar-refractivity contribution in [3.05, 3.63) is 65.3 Å². The lowest BCUT2D eigenvalue weighted by Crippen LogP contribution is -2.12. The molecule has 0 radical (unpaired) electrons. The number of ether oxygens (including phenoxy) is 1. The summed E-state index contributed by atoms with van der Waals surface area (Å²) in [4.78, 5) is 11.9. The Balaban J connectivity index is 1.90. The molecule has 2 aromatic heterocycles. The highest BCUT2D eigenvalue weighted by molar-refractivity contribution is 7.17. The van der Waals surface area contributed by atoms with Crippen LogP contribution < -0.4 is 9.64 Å². The second-order valence-electron chi connectivity index (χ2n) is 5.77. The van der Waals surface area contributed by atoms with E-state index in [-0.39, 0.29) is 5.28 Å². The molecule has 0 bridgehead atoms. The van der Waals surface area contributed by atoms with E-state index < -0.39 is 0 Å². The molecule has 130 valence electrons. The van der Waals surface area contributed by atoms with E-state index >= 15 is 0 Å². The second-order valence-corrected chi connectivity index (χ2v) is 6.97. The highest BCUT2D eigenvalue weighted by Crippen LogP contribution is 2.40. The zero-order chi connectivity index (χ0) is 18.1. The van der Waals surface area contributed by atoms with Crippen molar-refractivity contribution in [2.45, 2.75) is 0 Å². The van der Waals surface area contributed by atoms with Gasteiger partial charge < -0.3 is 9.64 Å². The number of hydrogen-bond donors (Lipinski definition) is 0. The first-order chi connectivity index (χ1) is 12.7. The van der Waals surface area contributed by atoms with Gasteiger partial charge in [0.15, 0.2) is 0 Å². The quantitative estimate of drug-likeness (QED) is 0.419. The number of anilines is 2. The molecule has 0 saturated heterocycles. The van der Waals surface area contributed by atoms with E-state index in [9.17, 15) is 0 Å². The van der Waals surface area contributed by atoms with Crippen LogP contribution >= 0.6 is 22.9 Å². The molecule has 4 nitrogen and oxygen atoms in total. The summed E-state index contributed by atoms with van der Waals surface area (Å²) in [5.41, 5.74) is 3.21. The third-order valence-corrected chi connectivity index (χ3v) is 5.29. The molecule has 0 fully saturated rings. The zero-order valence-electron chi connectivity index (χ0n) is 14.3. The van der Waals surface area contributed by atoms with Crippen LogP contribution in [0.1, 0.15) is 0 Å². The van der Waals surface area contributed by atoms with Crippen molar-refractivity contribution in [2.24, 2.45) is 0 Å². The van der Waals surface area contributed by atoms with E-state index in [1.54, 1.807) is 18.4 Å². The molecule has 0 N–H and O–H groups in total. The summed E-state index contributed by atoms with van der Waals surface area (Å²) in [5, 5.41) is 3.34. The Morgan fingerprint density at radius 3 is 2.42 bits per heavy atom. The third-order valence-electron chi connectivity index (χ3n) is 4.25. The molecular weight excluding hydrogens is 366 g/mol. The van der Waals surface area contributed by atoms with Gasteiger partial charge in [0.2, 0.25) is 5.28 Å². The molecule has 0 spiro atoms. The van der Waals surface area contributed by atoms with Crippen LogP contribution in [-0.2, 0) is 0 Å². The first-order valence-corrected chi connectivity index (χ1v) is 9.31. The summed E-state index contributed by atoms with van der Waals surface area (Å²) >= 11 is 7.76. The van der Waals surface area contributed by atoms with Crippen LogP contribution in [0, 0.1) is 0 Å². The van der Waals surface area contributed by atoms with Crippen LogP contribution in [0.4, 0.5) is 11.5 Å². The van der Waals surface area contributed by atoms with Crippen LogP contribution in [0.2, 0.25) is 5.28 Å². The van der Waals surface area contributed by atoms with Crippen molar-refractivity contribution in [3.8, 4) is 16.9 Å². The van der Waals surface area contributed by atoms with E-state index in [1.807, 2.05) is 66.5 Å². The van der Waals surface area contributed by atoms with Gasteiger partial charge in [-0.05, 0) is 41.4 Å². The Kier molecular flexibility index (Phi) is 4.49. The van der Waals surface area contributed by atoms with Crippen LogP contribution in [-0.4, -0.2) is 24.1 Å². The average Bonchev–Trinajstić information content (AvgIpc) is 3.11. The average molecular weight is 382 g/mol. The molecule has 4 aromatic rings. The predicted octanol–water partition coefficient (Wildman–Crippen LogP) is 5.79. The van der Waals surface area contributed by atoms with E-state index in [4.69, 9.17) is 16.3 Å². The number of para-hydroxylation sites is 1. The Labute approximate surface area is 160 Å². The van der Waals surface area contributed by atoms with E-state index in [1.165, 1.54) is 0 Å². The molecule has 0 aliphatic carbocycles. The molecule has 0 aliphatic rings. The predicted molar refractivity (Wildman–Crippen MR) is 109 cm³/mol. The minimum atomic E-state index is 0.249. The number of aromatic nitrogens is 2. The SMILES string of the molecule is COc1ccc(-c2csc3nc(Cl)nc(N(C)c4ccccc4)c23)cc1. The minimum Gasteiger partial charge on any atom is -0.497 e. The maximum atomic E-state index is 6.19. The van der Waals surface area contributed by atoms with E-state index in [0.717, 1.165) is 38.6 Å². The van der Waals surface area contributed by atoms with Crippen molar-refractivity contribution in [1.82, 2.24) is 9.97 Å². The van der Waals surface area contributed by atoms with Crippen molar-refractivity contribution >= 4 is 44.7 Å². The van der Waals surface area contributed by atoms with Crippen LogP contribution in [0.15, 0.2) is 60.0 Å². The molecule has 0 unspecified atom stereocenters. The Hall–Kier alpha value is -2.63. The van der Waals surface area contributed by atoms with Gasteiger partial charge in [-0.25, -0.2) is 4.98 Å². The molecule has 0 atom stereocenters. The number of halogens is 1. The van der Waals surface area contributed by atoms with Crippen LogP contribution in [0.3, 0.4) is 0 Å². The summed E-state index contributed by atoms with van der Waals surface area (Å²) in [6, 6.07) is 18.1. The van der Waals surface area contributed by atoms with Gasteiger partial charge in [0, 0.05) is 23.7 Å². The molecular formula is C20H16ClN3OS. The zero-order valence-corrected chi connectivity index (χ0v) is 15.9. The first kappa shape index (κ1) is 16.8. The van der Waals surface area contributed by atoms with Gasteiger partial charge in [0.05, 0.1) is 12.5 Å². The number of benzene rings is 2. The topological polar surface area (TPSA) is 38.3 Å². The maximum Gasteiger partial charge on any atom is 0.225 e. The van der Waals surface area contributed by atoms with Crippen molar-refractivity contribution in [1.29, 1.82) is 0 Å². The molecule has 4 rings (SSSR count). The second kappa shape index (κ2) is 6.94. The molecule has 26 heavy (non-hydrogen) atoms. The highest BCUT2D eigenvalue weighted by atomic mass is 35.5. The van der Waals surface area contributed by atoms with E-state index in [2.05, 4.69) is 15.3 Å². The molecule has 0 aliphatic heterocycles. The van der Waals surface area contributed by atoms with Crippen molar-refractivity contribution in [2.75, 3.05) is 19.1 Å². The lowest BCUT2D eigenvalue weighted by Gasteiger charge is -2.20. The standard InChI is InChI=1S/C20H16ClN3OS/c1-24(14-6-4-3-5-7-14)18-17-16(12-26-19(17)23-20(21)22-18)13-8-10-15(25-2)11-9-13/h3-12H,1-2H3. The highest BCUT2D eigenvalue weighted by Gasteiger charge is 2.18. The Morgan fingerprint density at radius 2 is 1.73 bits per heavy atom. The fourth-order valence-corrected chi connectivity index (χ4v) is 4.05. The summed E-state index contributed by atoms with van der Waals surface area (Å²) in [5.74, 6) is 1.62. The third kappa shape index (κ3) is 3.00. The summed E-state index contributed by atoms with van der Waals surface area (Å²) in [6.07, 6.45) is 0. The summed E-state index contributed by atoms with van der Waals surface area (Å²) in [6.45, 7) is 0. The lowest BCUT2D eigenvalue weighted by molar-refractivity contribution is 0.415. The normalized spacial score (nSPS) is 10.9. The number of fused-ring (bicyclic) bond motifs is 1. The number of thiophene rings is 1. The Morgan fingerprint density at radius 1 is 1.00 bits per heavy atom. The fraction of sp³-hybridized carbons (Fsp3) is 0.100. The van der Waals surface area contributed by atoms with Crippen LogP contribution in [0.5, 0.6) is 5.75 Å². The molecule has 2 heterocycles.